The highest BCUT2D eigenvalue weighted by Crippen LogP contribution is 2.26. The number of halogens is 1. The molecule has 0 unspecified atom stereocenters. The van der Waals surface area contributed by atoms with Crippen LogP contribution in [0.15, 0.2) is 22.7 Å². The Morgan fingerprint density at radius 2 is 2.05 bits per heavy atom. The molecule has 20 heavy (non-hydrogen) atoms. The molecule has 114 valence electrons. The second kappa shape index (κ2) is 7.97. The van der Waals surface area contributed by atoms with Crippen LogP contribution in [0.3, 0.4) is 0 Å². The molecule has 0 heterocycles. The van der Waals surface area contributed by atoms with Crippen molar-refractivity contribution in [1.29, 1.82) is 0 Å². The summed E-state index contributed by atoms with van der Waals surface area (Å²) in [6.07, 6.45) is 0.778. The van der Waals surface area contributed by atoms with Gasteiger partial charge < -0.3 is 5.32 Å². The molecular weight excluding hydrogens is 342 g/mol. The Morgan fingerprint density at radius 3 is 2.70 bits per heavy atom. The normalized spacial score (nSPS) is 11.8. The van der Waals surface area contributed by atoms with Crippen molar-refractivity contribution < 1.29 is 8.42 Å². The van der Waals surface area contributed by atoms with Crippen LogP contribution in [0.1, 0.15) is 18.9 Å². The Labute approximate surface area is 130 Å². The first kappa shape index (κ1) is 17.4. The van der Waals surface area contributed by atoms with Crippen LogP contribution in [0.2, 0.25) is 0 Å². The highest BCUT2D eigenvalue weighted by Gasteiger charge is 2.18. The molecule has 5 nitrogen and oxygen atoms in total. The molecule has 0 amide bonds. The highest BCUT2D eigenvalue weighted by molar-refractivity contribution is 9.10. The zero-order chi connectivity index (χ0) is 15.2. The van der Waals surface area contributed by atoms with Gasteiger partial charge in [-0.15, -0.1) is 0 Å². The molecule has 2 N–H and O–H groups in total. The Kier molecular flexibility index (Phi) is 6.94. The van der Waals surface area contributed by atoms with Crippen molar-refractivity contribution in [3.05, 3.63) is 28.2 Å². The first-order valence-corrected chi connectivity index (χ1v) is 8.81. The van der Waals surface area contributed by atoms with Crippen molar-refractivity contribution in [2.45, 2.75) is 20.3 Å². The van der Waals surface area contributed by atoms with Gasteiger partial charge in [-0.3, -0.25) is 4.72 Å². The van der Waals surface area contributed by atoms with Crippen molar-refractivity contribution in [3.8, 4) is 0 Å². The van der Waals surface area contributed by atoms with Crippen LogP contribution in [0, 0.1) is 6.92 Å². The highest BCUT2D eigenvalue weighted by atomic mass is 79.9. The summed E-state index contributed by atoms with van der Waals surface area (Å²) < 4.78 is 29.1. The Morgan fingerprint density at radius 1 is 1.35 bits per heavy atom. The number of benzene rings is 1. The first-order chi connectivity index (χ1) is 9.38. The molecule has 0 fully saturated rings. The van der Waals surface area contributed by atoms with E-state index in [1.807, 2.05) is 26.0 Å². The summed E-state index contributed by atoms with van der Waals surface area (Å²) in [5.74, 6) is 0. The van der Waals surface area contributed by atoms with Gasteiger partial charge in [-0.25, -0.2) is 0 Å². The Balaban J connectivity index is 2.67. The van der Waals surface area contributed by atoms with E-state index in [2.05, 4.69) is 26.0 Å². The van der Waals surface area contributed by atoms with Crippen molar-refractivity contribution in [2.24, 2.45) is 0 Å². The van der Waals surface area contributed by atoms with Crippen LogP contribution in [0.5, 0.6) is 0 Å². The fraction of sp³-hybridized carbons (Fsp3) is 0.538. The lowest BCUT2D eigenvalue weighted by Gasteiger charge is -2.19. The van der Waals surface area contributed by atoms with Crippen molar-refractivity contribution in [2.75, 3.05) is 31.4 Å². The standard InChI is InChI=1S/C13H22BrN3O2S/c1-4-15-9-6-10-17(3)20(18,19)16-12-8-5-7-11(2)13(12)14/h5,7-8,15-16H,4,6,9-10H2,1-3H3. The minimum Gasteiger partial charge on any atom is -0.317 e. The van der Waals surface area contributed by atoms with E-state index in [-0.39, 0.29) is 0 Å². The van der Waals surface area contributed by atoms with E-state index < -0.39 is 10.2 Å². The molecule has 0 bridgehead atoms. The van der Waals surface area contributed by atoms with Gasteiger partial charge in [-0.1, -0.05) is 19.1 Å². The largest absolute Gasteiger partial charge is 0.317 e. The van der Waals surface area contributed by atoms with Gasteiger partial charge in [-0.2, -0.15) is 12.7 Å². The van der Waals surface area contributed by atoms with E-state index in [1.54, 1.807) is 13.1 Å². The number of aryl methyl sites for hydroxylation is 1. The predicted molar refractivity (Wildman–Crippen MR) is 87.2 cm³/mol. The van der Waals surface area contributed by atoms with Crippen LogP contribution in [-0.2, 0) is 10.2 Å². The molecule has 0 saturated carbocycles. The maximum atomic E-state index is 12.2. The smallest absolute Gasteiger partial charge is 0.301 e. The van der Waals surface area contributed by atoms with Gasteiger partial charge in [0.05, 0.1) is 5.69 Å². The third-order valence-electron chi connectivity index (χ3n) is 2.92. The van der Waals surface area contributed by atoms with Gasteiger partial charge >= 0.3 is 10.2 Å². The Bertz CT molecular complexity index is 534. The number of anilines is 1. The second-order valence-electron chi connectivity index (χ2n) is 4.57. The molecule has 0 saturated heterocycles. The molecule has 0 atom stereocenters. The van der Waals surface area contributed by atoms with Crippen LogP contribution < -0.4 is 10.0 Å². The molecular formula is C13H22BrN3O2S. The fourth-order valence-corrected chi connectivity index (χ4v) is 3.13. The maximum Gasteiger partial charge on any atom is 0.301 e. The fourth-order valence-electron chi connectivity index (χ4n) is 1.67. The van der Waals surface area contributed by atoms with E-state index in [0.29, 0.717) is 12.2 Å². The molecule has 1 aromatic carbocycles. The molecule has 1 rings (SSSR count). The van der Waals surface area contributed by atoms with E-state index >= 15 is 0 Å². The second-order valence-corrected chi connectivity index (χ2v) is 7.14. The zero-order valence-electron chi connectivity index (χ0n) is 12.1. The van der Waals surface area contributed by atoms with Gasteiger partial charge in [0.15, 0.2) is 0 Å². The lowest BCUT2D eigenvalue weighted by molar-refractivity contribution is 0.459. The van der Waals surface area contributed by atoms with Crippen LogP contribution >= 0.6 is 15.9 Å². The van der Waals surface area contributed by atoms with Crippen LogP contribution in [0.4, 0.5) is 5.69 Å². The van der Waals surface area contributed by atoms with E-state index in [4.69, 9.17) is 0 Å². The van der Waals surface area contributed by atoms with Crippen molar-refractivity contribution >= 4 is 31.8 Å². The number of nitrogens with one attached hydrogen (secondary N) is 2. The SMILES string of the molecule is CCNCCCN(C)S(=O)(=O)Nc1cccc(C)c1Br. The molecule has 0 aliphatic carbocycles. The summed E-state index contributed by atoms with van der Waals surface area (Å²) in [5.41, 5.74) is 1.54. The van der Waals surface area contributed by atoms with Crippen LogP contribution in [0.25, 0.3) is 0 Å². The summed E-state index contributed by atoms with van der Waals surface area (Å²) >= 11 is 3.40. The molecule has 0 aliphatic heterocycles. The van der Waals surface area contributed by atoms with Gasteiger partial charge in [0.25, 0.3) is 0 Å². The van der Waals surface area contributed by atoms with Crippen molar-refractivity contribution in [3.63, 3.8) is 0 Å². The lowest BCUT2D eigenvalue weighted by Crippen LogP contribution is -2.34. The van der Waals surface area contributed by atoms with Crippen molar-refractivity contribution in [1.82, 2.24) is 9.62 Å². The third kappa shape index (κ3) is 5.05. The molecule has 0 radical (unpaired) electrons. The number of hydrogen-bond donors (Lipinski definition) is 2. The number of rotatable bonds is 8. The zero-order valence-corrected chi connectivity index (χ0v) is 14.5. The summed E-state index contributed by atoms with van der Waals surface area (Å²) in [6, 6.07) is 5.48. The monoisotopic (exact) mass is 363 g/mol. The summed E-state index contributed by atoms with van der Waals surface area (Å²) in [6.45, 7) is 6.13. The molecule has 0 aliphatic rings. The Hall–Kier alpha value is -0.630. The van der Waals surface area contributed by atoms with Gasteiger partial charge in [-0.05, 0) is 54.0 Å². The summed E-state index contributed by atoms with van der Waals surface area (Å²) in [7, 11) is -1.93. The third-order valence-corrected chi connectivity index (χ3v) is 5.45. The van der Waals surface area contributed by atoms with E-state index in [9.17, 15) is 8.42 Å². The average Bonchev–Trinajstić information content (AvgIpc) is 2.39. The molecule has 0 spiro atoms. The number of nitrogens with zero attached hydrogens (tertiary/aromatic N) is 1. The summed E-state index contributed by atoms with van der Waals surface area (Å²) in [5, 5.41) is 3.17. The maximum absolute atomic E-state index is 12.2. The van der Waals surface area contributed by atoms with E-state index in [1.165, 1.54) is 4.31 Å². The quantitative estimate of drug-likeness (QED) is 0.696. The molecule has 1 aromatic rings. The van der Waals surface area contributed by atoms with Crippen LogP contribution in [-0.4, -0.2) is 39.4 Å². The van der Waals surface area contributed by atoms with Gasteiger partial charge in [0.1, 0.15) is 0 Å². The minimum absolute atomic E-state index is 0.478. The molecule has 0 aromatic heterocycles. The average molecular weight is 364 g/mol. The molecule has 7 heteroatoms. The lowest BCUT2D eigenvalue weighted by atomic mass is 10.2. The first-order valence-electron chi connectivity index (χ1n) is 6.58. The van der Waals surface area contributed by atoms with E-state index in [0.717, 1.165) is 29.5 Å². The van der Waals surface area contributed by atoms with Gasteiger partial charge in [0, 0.05) is 18.1 Å². The number of hydrogen-bond acceptors (Lipinski definition) is 3. The summed E-state index contributed by atoms with van der Waals surface area (Å²) in [4.78, 5) is 0. The topological polar surface area (TPSA) is 61.4 Å². The van der Waals surface area contributed by atoms with Gasteiger partial charge in [0.2, 0.25) is 0 Å². The predicted octanol–water partition coefficient (Wildman–Crippen LogP) is 2.35. The minimum atomic E-state index is -3.51.